The van der Waals surface area contributed by atoms with Crippen LogP contribution >= 0.6 is 0 Å². The van der Waals surface area contributed by atoms with E-state index < -0.39 is 0 Å². The lowest BCUT2D eigenvalue weighted by Crippen LogP contribution is -1.98. The van der Waals surface area contributed by atoms with Gasteiger partial charge < -0.3 is 5.73 Å². The van der Waals surface area contributed by atoms with Crippen LogP contribution in [0, 0.1) is 5.82 Å². The van der Waals surface area contributed by atoms with E-state index >= 15 is 0 Å². The van der Waals surface area contributed by atoms with E-state index in [4.69, 9.17) is 5.73 Å². The van der Waals surface area contributed by atoms with Gasteiger partial charge in [0.25, 0.3) is 0 Å². The predicted octanol–water partition coefficient (Wildman–Crippen LogP) is 1.26. The van der Waals surface area contributed by atoms with Gasteiger partial charge in [-0.25, -0.2) is 9.37 Å². The van der Waals surface area contributed by atoms with Crippen LogP contribution < -0.4 is 5.73 Å². The second-order valence-electron chi connectivity index (χ2n) is 2.68. The third kappa shape index (κ3) is 1.52. The molecular weight excluding hydrogens is 183 g/mol. The van der Waals surface area contributed by atoms with Crippen molar-refractivity contribution in [3.8, 4) is 11.4 Å². The zero-order valence-corrected chi connectivity index (χ0v) is 7.18. The van der Waals surface area contributed by atoms with Gasteiger partial charge in [-0.15, -0.1) is 5.10 Å². The summed E-state index contributed by atoms with van der Waals surface area (Å²) in [5.41, 5.74) is 5.71. The molecule has 0 aliphatic heterocycles. The molecule has 1 aromatic heterocycles. The fourth-order valence-electron chi connectivity index (χ4n) is 1.07. The molecule has 1 aromatic carbocycles. The first-order valence-electron chi connectivity index (χ1n) is 3.97. The van der Waals surface area contributed by atoms with E-state index in [1.165, 1.54) is 12.3 Å². The predicted molar refractivity (Wildman–Crippen MR) is 49.6 cm³/mol. The summed E-state index contributed by atoms with van der Waals surface area (Å²) in [6.07, 6.45) is 1.31. The van der Waals surface area contributed by atoms with Gasteiger partial charge in [-0.3, -0.25) is 0 Å². The Morgan fingerprint density at radius 3 is 2.71 bits per heavy atom. The molecular formula is C9H7FN4. The van der Waals surface area contributed by atoms with E-state index in [1.54, 1.807) is 18.2 Å². The van der Waals surface area contributed by atoms with Gasteiger partial charge in [-0.2, -0.15) is 5.10 Å². The molecule has 1 heterocycles. The van der Waals surface area contributed by atoms with Crippen molar-refractivity contribution in [1.82, 2.24) is 15.2 Å². The number of hydrogen-bond donors (Lipinski definition) is 1. The van der Waals surface area contributed by atoms with Crippen LogP contribution in [0.25, 0.3) is 11.4 Å². The van der Waals surface area contributed by atoms with Crippen LogP contribution in [0.15, 0.2) is 30.5 Å². The van der Waals surface area contributed by atoms with Crippen molar-refractivity contribution in [3.05, 3.63) is 36.3 Å². The minimum atomic E-state index is -0.389. The van der Waals surface area contributed by atoms with Crippen molar-refractivity contribution in [2.45, 2.75) is 0 Å². The highest BCUT2D eigenvalue weighted by molar-refractivity contribution is 5.56. The maximum absolute atomic E-state index is 13.3. The lowest BCUT2D eigenvalue weighted by molar-refractivity contribution is 0.629. The standard InChI is InChI=1S/C9H7FN4/c10-7-4-2-1-3-6(7)9-13-8(11)5-12-14-9/h1-5H,(H2,11,13,14). The van der Waals surface area contributed by atoms with Gasteiger partial charge in [-0.1, -0.05) is 12.1 Å². The first-order chi connectivity index (χ1) is 6.77. The van der Waals surface area contributed by atoms with Gasteiger partial charge in [0.05, 0.1) is 11.8 Å². The van der Waals surface area contributed by atoms with Crippen LogP contribution in [0.5, 0.6) is 0 Å². The molecule has 0 unspecified atom stereocenters. The fraction of sp³-hybridized carbons (Fsp3) is 0. The Balaban J connectivity index is 2.55. The fourth-order valence-corrected chi connectivity index (χ4v) is 1.07. The average Bonchev–Trinajstić information content (AvgIpc) is 2.18. The van der Waals surface area contributed by atoms with Crippen molar-refractivity contribution in [3.63, 3.8) is 0 Å². The summed E-state index contributed by atoms with van der Waals surface area (Å²) in [5.74, 6) is 0.0289. The zero-order chi connectivity index (χ0) is 9.97. The van der Waals surface area contributed by atoms with E-state index in [2.05, 4.69) is 15.2 Å². The molecule has 0 aliphatic carbocycles. The van der Waals surface area contributed by atoms with Gasteiger partial charge in [0.15, 0.2) is 5.82 Å². The molecule has 0 bridgehead atoms. The Hall–Kier alpha value is -2.04. The molecule has 0 fully saturated rings. The van der Waals surface area contributed by atoms with Crippen molar-refractivity contribution in [1.29, 1.82) is 0 Å². The number of aromatic nitrogens is 3. The van der Waals surface area contributed by atoms with Crippen molar-refractivity contribution in [2.75, 3.05) is 5.73 Å². The average molecular weight is 190 g/mol. The highest BCUT2D eigenvalue weighted by Crippen LogP contribution is 2.17. The first kappa shape index (κ1) is 8.55. The Labute approximate surface area is 79.6 Å². The lowest BCUT2D eigenvalue weighted by atomic mass is 10.2. The molecule has 4 nitrogen and oxygen atoms in total. The molecule has 2 N–H and O–H groups in total. The van der Waals surface area contributed by atoms with Crippen LogP contribution in [0.1, 0.15) is 0 Å². The van der Waals surface area contributed by atoms with Gasteiger partial charge in [0.1, 0.15) is 11.6 Å². The molecule has 0 atom stereocenters. The number of hydrogen-bond acceptors (Lipinski definition) is 4. The number of nitrogens with zero attached hydrogens (tertiary/aromatic N) is 3. The van der Waals surface area contributed by atoms with E-state index in [0.717, 1.165) is 0 Å². The van der Waals surface area contributed by atoms with Crippen LogP contribution in [0.2, 0.25) is 0 Å². The molecule has 0 spiro atoms. The third-order valence-electron chi connectivity index (χ3n) is 1.69. The molecule has 2 aromatic rings. The number of halogens is 1. The summed E-state index contributed by atoms with van der Waals surface area (Å²) < 4.78 is 13.3. The molecule has 0 saturated carbocycles. The highest BCUT2D eigenvalue weighted by Gasteiger charge is 2.07. The Kier molecular flexibility index (Phi) is 2.06. The van der Waals surface area contributed by atoms with E-state index in [1.807, 2.05) is 0 Å². The summed E-state index contributed by atoms with van der Waals surface area (Å²) in [6, 6.07) is 6.21. The number of nitrogen functional groups attached to an aromatic ring is 1. The molecule has 5 heteroatoms. The largest absolute Gasteiger partial charge is 0.382 e. The van der Waals surface area contributed by atoms with Gasteiger partial charge in [0, 0.05) is 0 Å². The zero-order valence-electron chi connectivity index (χ0n) is 7.18. The smallest absolute Gasteiger partial charge is 0.186 e. The molecule has 0 radical (unpaired) electrons. The normalized spacial score (nSPS) is 10.1. The van der Waals surface area contributed by atoms with E-state index in [9.17, 15) is 4.39 Å². The molecule has 0 saturated heterocycles. The number of anilines is 1. The van der Waals surface area contributed by atoms with Gasteiger partial charge in [-0.05, 0) is 12.1 Å². The Bertz CT molecular complexity index is 458. The monoisotopic (exact) mass is 190 g/mol. The van der Waals surface area contributed by atoms with Crippen LogP contribution in [0.3, 0.4) is 0 Å². The van der Waals surface area contributed by atoms with Gasteiger partial charge in [0.2, 0.25) is 0 Å². The van der Waals surface area contributed by atoms with Crippen molar-refractivity contribution >= 4 is 5.82 Å². The SMILES string of the molecule is Nc1cnnc(-c2ccccc2F)n1. The molecule has 0 aliphatic rings. The Morgan fingerprint density at radius 2 is 2.00 bits per heavy atom. The maximum Gasteiger partial charge on any atom is 0.186 e. The van der Waals surface area contributed by atoms with Crippen molar-refractivity contribution in [2.24, 2.45) is 0 Å². The van der Waals surface area contributed by atoms with Crippen molar-refractivity contribution < 1.29 is 4.39 Å². The van der Waals surface area contributed by atoms with Crippen LogP contribution in [-0.2, 0) is 0 Å². The number of rotatable bonds is 1. The highest BCUT2D eigenvalue weighted by atomic mass is 19.1. The molecule has 70 valence electrons. The molecule has 0 amide bonds. The molecule has 2 rings (SSSR count). The summed E-state index contributed by atoms with van der Waals surface area (Å²) in [6.45, 7) is 0. The summed E-state index contributed by atoms with van der Waals surface area (Å²) in [4.78, 5) is 3.87. The second kappa shape index (κ2) is 3.37. The number of nitrogens with two attached hydrogens (primary N) is 1. The first-order valence-corrected chi connectivity index (χ1v) is 3.97. The molecule has 14 heavy (non-hydrogen) atoms. The van der Waals surface area contributed by atoms with Crippen LogP contribution in [0.4, 0.5) is 10.2 Å². The summed E-state index contributed by atoms with van der Waals surface area (Å²) >= 11 is 0. The third-order valence-corrected chi connectivity index (χ3v) is 1.69. The van der Waals surface area contributed by atoms with Gasteiger partial charge >= 0.3 is 0 Å². The van der Waals surface area contributed by atoms with E-state index in [0.29, 0.717) is 5.56 Å². The summed E-state index contributed by atoms with van der Waals surface area (Å²) in [7, 11) is 0. The minimum Gasteiger partial charge on any atom is -0.382 e. The number of benzene rings is 1. The quantitative estimate of drug-likeness (QED) is 0.735. The summed E-state index contributed by atoms with van der Waals surface area (Å²) in [5, 5.41) is 7.29. The minimum absolute atomic E-state index is 0.197. The lowest BCUT2D eigenvalue weighted by Gasteiger charge is -2.00. The topological polar surface area (TPSA) is 64.7 Å². The van der Waals surface area contributed by atoms with Crippen LogP contribution in [-0.4, -0.2) is 15.2 Å². The second-order valence-corrected chi connectivity index (χ2v) is 2.68. The van der Waals surface area contributed by atoms with E-state index in [-0.39, 0.29) is 17.5 Å². The Morgan fingerprint density at radius 1 is 1.21 bits per heavy atom. The maximum atomic E-state index is 13.3.